The largest absolute Gasteiger partial charge is 0.317 e. The monoisotopic (exact) mass is 299 g/mol. The number of thiophene rings is 1. The molecular formula is C16H26ClNS. The first kappa shape index (κ1) is 15.3. The molecule has 0 aliphatic heterocycles. The quantitative estimate of drug-likeness (QED) is 0.750. The van der Waals surface area contributed by atoms with Gasteiger partial charge in [0, 0.05) is 4.88 Å². The van der Waals surface area contributed by atoms with Crippen molar-refractivity contribution in [2.75, 3.05) is 13.1 Å². The van der Waals surface area contributed by atoms with Crippen molar-refractivity contribution >= 4 is 22.9 Å². The van der Waals surface area contributed by atoms with Crippen molar-refractivity contribution in [3.8, 4) is 0 Å². The number of hydrogen-bond acceptors (Lipinski definition) is 2. The standard InChI is InChI=1S/C16H26ClNS/c1-3-5-12-6-7-13(11-18-4-2)14(10-12)16-15(17)8-9-19-16/h8-9,12-14,18H,3-7,10-11H2,1-2H3. The second-order valence-electron chi connectivity index (χ2n) is 5.77. The molecule has 3 unspecified atom stereocenters. The van der Waals surface area contributed by atoms with Crippen LogP contribution >= 0.6 is 22.9 Å². The van der Waals surface area contributed by atoms with Crippen molar-refractivity contribution in [3.63, 3.8) is 0 Å². The number of nitrogens with one attached hydrogen (secondary N) is 1. The van der Waals surface area contributed by atoms with E-state index in [-0.39, 0.29) is 0 Å². The second kappa shape index (κ2) is 7.66. The number of halogens is 1. The SMILES string of the molecule is CCCC1CCC(CNCC)C(c2sccc2Cl)C1. The Kier molecular flexibility index (Phi) is 6.18. The Morgan fingerprint density at radius 1 is 1.37 bits per heavy atom. The van der Waals surface area contributed by atoms with Crippen molar-refractivity contribution in [2.45, 2.75) is 51.9 Å². The summed E-state index contributed by atoms with van der Waals surface area (Å²) in [6, 6.07) is 2.06. The summed E-state index contributed by atoms with van der Waals surface area (Å²) < 4.78 is 0. The first-order chi connectivity index (χ1) is 9.26. The van der Waals surface area contributed by atoms with Crippen molar-refractivity contribution in [2.24, 2.45) is 11.8 Å². The van der Waals surface area contributed by atoms with Gasteiger partial charge >= 0.3 is 0 Å². The Bertz CT molecular complexity index is 377. The molecule has 0 aromatic carbocycles. The maximum absolute atomic E-state index is 6.39. The third kappa shape index (κ3) is 3.96. The van der Waals surface area contributed by atoms with Gasteiger partial charge in [0.25, 0.3) is 0 Å². The van der Waals surface area contributed by atoms with Crippen LogP contribution in [0, 0.1) is 11.8 Å². The predicted octanol–water partition coefficient (Wildman–Crippen LogP) is 5.31. The molecule has 1 aliphatic rings. The summed E-state index contributed by atoms with van der Waals surface area (Å²) in [6.45, 7) is 6.71. The van der Waals surface area contributed by atoms with Crippen LogP contribution < -0.4 is 5.32 Å². The summed E-state index contributed by atoms with van der Waals surface area (Å²) >= 11 is 8.24. The van der Waals surface area contributed by atoms with Gasteiger partial charge in [-0.15, -0.1) is 11.3 Å². The van der Waals surface area contributed by atoms with E-state index in [0.717, 1.165) is 29.9 Å². The summed E-state index contributed by atoms with van der Waals surface area (Å²) in [4.78, 5) is 1.44. The molecule has 1 N–H and O–H groups in total. The zero-order valence-electron chi connectivity index (χ0n) is 12.1. The van der Waals surface area contributed by atoms with E-state index >= 15 is 0 Å². The Morgan fingerprint density at radius 3 is 2.84 bits per heavy atom. The fraction of sp³-hybridized carbons (Fsp3) is 0.750. The zero-order chi connectivity index (χ0) is 13.7. The van der Waals surface area contributed by atoms with E-state index in [1.54, 1.807) is 0 Å². The van der Waals surface area contributed by atoms with Crippen LogP contribution in [0.3, 0.4) is 0 Å². The van der Waals surface area contributed by atoms with E-state index < -0.39 is 0 Å². The number of hydrogen-bond donors (Lipinski definition) is 1. The molecule has 0 amide bonds. The molecule has 1 aliphatic carbocycles. The van der Waals surface area contributed by atoms with Crippen LogP contribution in [-0.2, 0) is 0 Å². The van der Waals surface area contributed by atoms with Gasteiger partial charge in [0.05, 0.1) is 5.02 Å². The van der Waals surface area contributed by atoms with Gasteiger partial charge < -0.3 is 5.32 Å². The van der Waals surface area contributed by atoms with Crippen LogP contribution in [0.1, 0.15) is 56.7 Å². The normalized spacial score (nSPS) is 27.6. The molecule has 108 valence electrons. The van der Waals surface area contributed by atoms with E-state index in [1.807, 2.05) is 11.3 Å². The zero-order valence-corrected chi connectivity index (χ0v) is 13.7. The first-order valence-electron chi connectivity index (χ1n) is 7.69. The molecule has 0 bridgehead atoms. The Balaban J connectivity index is 2.09. The third-order valence-electron chi connectivity index (χ3n) is 4.44. The Morgan fingerprint density at radius 2 is 2.21 bits per heavy atom. The third-order valence-corrected chi connectivity index (χ3v) is 5.93. The van der Waals surface area contributed by atoms with Crippen molar-refractivity contribution < 1.29 is 0 Å². The minimum absolute atomic E-state index is 0.678. The summed E-state index contributed by atoms with van der Waals surface area (Å²) in [6.07, 6.45) is 6.80. The molecule has 1 heterocycles. The number of rotatable bonds is 6. The summed E-state index contributed by atoms with van der Waals surface area (Å²) in [7, 11) is 0. The molecule has 1 fully saturated rings. The maximum Gasteiger partial charge on any atom is 0.0547 e. The van der Waals surface area contributed by atoms with E-state index in [1.165, 1.54) is 37.0 Å². The molecule has 3 atom stereocenters. The average Bonchev–Trinajstić information content (AvgIpc) is 2.83. The average molecular weight is 300 g/mol. The van der Waals surface area contributed by atoms with Crippen LogP contribution in [0.25, 0.3) is 0 Å². The molecule has 3 heteroatoms. The fourth-order valence-electron chi connectivity index (χ4n) is 3.46. The van der Waals surface area contributed by atoms with Crippen molar-refractivity contribution in [1.82, 2.24) is 5.32 Å². The lowest BCUT2D eigenvalue weighted by atomic mass is 9.72. The lowest BCUT2D eigenvalue weighted by Gasteiger charge is -2.36. The molecule has 0 spiro atoms. The van der Waals surface area contributed by atoms with E-state index in [2.05, 4.69) is 30.6 Å². The van der Waals surface area contributed by atoms with E-state index in [9.17, 15) is 0 Å². The van der Waals surface area contributed by atoms with Crippen LogP contribution in [0.5, 0.6) is 0 Å². The van der Waals surface area contributed by atoms with Gasteiger partial charge in [0.15, 0.2) is 0 Å². The highest BCUT2D eigenvalue weighted by Crippen LogP contribution is 2.45. The minimum Gasteiger partial charge on any atom is -0.317 e. The molecule has 1 saturated carbocycles. The summed E-state index contributed by atoms with van der Waals surface area (Å²) in [5.74, 6) is 2.35. The van der Waals surface area contributed by atoms with Gasteiger partial charge in [-0.05, 0) is 55.1 Å². The molecule has 1 aromatic heterocycles. The second-order valence-corrected chi connectivity index (χ2v) is 7.13. The topological polar surface area (TPSA) is 12.0 Å². The molecule has 19 heavy (non-hydrogen) atoms. The van der Waals surface area contributed by atoms with Gasteiger partial charge in [0.2, 0.25) is 0 Å². The Hall–Kier alpha value is -0.0500. The van der Waals surface area contributed by atoms with E-state index in [0.29, 0.717) is 5.92 Å². The molecule has 0 radical (unpaired) electrons. The van der Waals surface area contributed by atoms with Crippen LogP contribution in [0.4, 0.5) is 0 Å². The molecule has 2 rings (SSSR count). The minimum atomic E-state index is 0.678. The fourth-order valence-corrected chi connectivity index (χ4v) is 4.86. The van der Waals surface area contributed by atoms with Gasteiger partial charge in [-0.2, -0.15) is 0 Å². The van der Waals surface area contributed by atoms with Gasteiger partial charge in [-0.3, -0.25) is 0 Å². The molecule has 1 aromatic rings. The van der Waals surface area contributed by atoms with Crippen LogP contribution in [0.15, 0.2) is 11.4 Å². The molecular weight excluding hydrogens is 274 g/mol. The van der Waals surface area contributed by atoms with Gasteiger partial charge in [-0.25, -0.2) is 0 Å². The lowest BCUT2D eigenvalue weighted by Crippen LogP contribution is -2.31. The highest BCUT2D eigenvalue weighted by molar-refractivity contribution is 7.10. The first-order valence-corrected chi connectivity index (χ1v) is 8.95. The molecule has 1 nitrogen and oxygen atoms in total. The highest BCUT2D eigenvalue weighted by Gasteiger charge is 2.32. The predicted molar refractivity (Wildman–Crippen MR) is 86.4 cm³/mol. The maximum atomic E-state index is 6.39. The highest BCUT2D eigenvalue weighted by atomic mass is 35.5. The van der Waals surface area contributed by atoms with Gasteiger partial charge in [0.1, 0.15) is 0 Å². The molecule has 0 saturated heterocycles. The smallest absolute Gasteiger partial charge is 0.0547 e. The Labute approximate surface area is 126 Å². The van der Waals surface area contributed by atoms with Crippen molar-refractivity contribution in [1.29, 1.82) is 0 Å². The van der Waals surface area contributed by atoms with Crippen molar-refractivity contribution in [3.05, 3.63) is 21.3 Å². The van der Waals surface area contributed by atoms with E-state index in [4.69, 9.17) is 11.6 Å². The lowest BCUT2D eigenvalue weighted by molar-refractivity contribution is 0.223. The van der Waals surface area contributed by atoms with Crippen LogP contribution in [-0.4, -0.2) is 13.1 Å². The van der Waals surface area contributed by atoms with Crippen LogP contribution in [0.2, 0.25) is 5.02 Å². The van der Waals surface area contributed by atoms with Gasteiger partial charge in [-0.1, -0.05) is 44.7 Å². The summed E-state index contributed by atoms with van der Waals surface area (Å²) in [5, 5.41) is 6.68. The summed E-state index contributed by atoms with van der Waals surface area (Å²) in [5.41, 5.74) is 0.